The van der Waals surface area contributed by atoms with E-state index in [-0.39, 0.29) is 23.9 Å². The third-order valence-electron chi connectivity index (χ3n) is 3.32. The molecular formula is C12H10N4O4. The lowest BCUT2D eigenvalue weighted by atomic mass is 10.1. The van der Waals surface area contributed by atoms with E-state index in [2.05, 4.69) is 10.3 Å². The highest BCUT2D eigenvalue weighted by Crippen LogP contribution is 2.29. The van der Waals surface area contributed by atoms with Crippen molar-refractivity contribution in [3.05, 3.63) is 33.9 Å². The Hall–Kier alpha value is -2.77. The first kappa shape index (κ1) is 12.3. The number of fused-ring (bicyclic) bond motifs is 1. The second kappa shape index (κ2) is 4.41. The van der Waals surface area contributed by atoms with E-state index in [9.17, 15) is 19.7 Å². The Morgan fingerprint density at radius 2 is 2.20 bits per heavy atom. The predicted octanol–water partition coefficient (Wildman–Crippen LogP) is 0.485. The van der Waals surface area contributed by atoms with Crippen LogP contribution in [-0.4, -0.2) is 34.0 Å². The highest BCUT2D eigenvalue weighted by molar-refractivity contribution is 6.06. The molecule has 20 heavy (non-hydrogen) atoms. The minimum Gasteiger partial charge on any atom is -0.346 e. The van der Waals surface area contributed by atoms with Gasteiger partial charge in [0.25, 0.3) is 5.69 Å². The van der Waals surface area contributed by atoms with Crippen LogP contribution < -0.4 is 5.32 Å². The molecule has 0 aromatic heterocycles. The first-order chi connectivity index (χ1) is 9.54. The summed E-state index contributed by atoms with van der Waals surface area (Å²) in [6.45, 7) is 0.391. The lowest BCUT2D eigenvalue weighted by Crippen LogP contribution is -2.40. The van der Waals surface area contributed by atoms with Gasteiger partial charge in [0.05, 0.1) is 23.4 Å². The van der Waals surface area contributed by atoms with E-state index in [1.165, 1.54) is 18.5 Å². The monoisotopic (exact) mass is 274 g/mol. The summed E-state index contributed by atoms with van der Waals surface area (Å²) < 4.78 is 0. The van der Waals surface area contributed by atoms with E-state index in [1.54, 1.807) is 11.0 Å². The van der Waals surface area contributed by atoms with Gasteiger partial charge in [0, 0.05) is 18.7 Å². The molecular weight excluding hydrogens is 264 g/mol. The Morgan fingerprint density at radius 3 is 2.85 bits per heavy atom. The maximum atomic E-state index is 11.6. The molecule has 0 aliphatic carbocycles. The Bertz CT molecular complexity index is 655. The van der Waals surface area contributed by atoms with Gasteiger partial charge in [-0.25, -0.2) is 4.99 Å². The van der Waals surface area contributed by atoms with Gasteiger partial charge in [0.1, 0.15) is 6.04 Å². The number of benzene rings is 1. The van der Waals surface area contributed by atoms with Crippen LogP contribution in [0.4, 0.5) is 11.4 Å². The summed E-state index contributed by atoms with van der Waals surface area (Å²) in [7, 11) is 0. The van der Waals surface area contributed by atoms with Crippen molar-refractivity contribution >= 4 is 29.5 Å². The summed E-state index contributed by atoms with van der Waals surface area (Å²) in [5.41, 5.74) is 1.27. The number of nitrogens with one attached hydrogen (secondary N) is 1. The largest absolute Gasteiger partial charge is 0.346 e. The zero-order valence-corrected chi connectivity index (χ0v) is 10.3. The van der Waals surface area contributed by atoms with Gasteiger partial charge < -0.3 is 4.90 Å². The SMILES string of the molecule is O=C1CC(N2C=Nc3cc([N+](=O)[O-])ccc3C2)C(=O)N1. The second-order valence-electron chi connectivity index (χ2n) is 4.62. The van der Waals surface area contributed by atoms with Crippen molar-refractivity contribution in [2.75, 3.05) is 0 Å². The zero-order valence-electron chi connectivity index (χ0n) is 10.3. The van der Waals surface area contributed by atoms with E-state index in [0.29, 0.717) is 12.2 Å². The Morgan fingerprint density at radius 1 is 1.40 bits per heavy atom. The van der Waals surface area contributed by atoms with Crippen molar-refractivity contribution in [3.8, 4) is 0 Å². The Labute approximate surface area is 113 Å². The maximum Gasteiger partial charge on any atom is 0.271 e. The highest BCUT2D eigenvalue weighted by Gasteiger charge is 2.35. The van der Waals surface area contributed by atoms with Gasteiger partial charge in [0.15, 0.2) is 0 Å². The van der Waals surface area contributed by atoms with Gasteiger partial charge in [-0.05, 0) is 11.6 Å². The second-order valence-corrected chi connectivity index (χ2v) is 4.62. The number of nitro groups is 1. The van der Waals surface area contributed by atoms with Crippen LogP contribution in [0.2, 0.25) is 0 Å². The quantitative estimate of drug-likeness (QED) is 0.480. The third-order valence-corrected chi connectivity index (χ3v) is 3.32. The van der Waals surface area contributed by atoms with Crippen molar-refractivity contribution < 1.29 is 14.5 Å². The molecule has 1 fully saturated rings. The number of aliphatic imine (C=N–C) groups is 1. The third kappa shape index (κ3) is 2.00. The van der Waals surface area contributed by atoms with Crippen molar-refractivity contribution in [1.82, 2.24) is 10.2 Å². The standard InChI is InChI=1S/C12H10N4O4/c17-11-4-10(12(18)14-11)15-5-7-1-2-8(16(19)20)3-9(7)13-6-15/h1-3,6,10H,4-5H2,(H,14,17,18). The summed E-state index contributed by atoms with van der Waals surface area (Å²) in [4.78, 5) is 38.8. The summed E-state index contributed by atoms with van der Waals surface area (Å²) in [6, 6.07) is 3.85. The summed E-state index contributed by atoms with van der Waals surface area (Å²) in [5, 5.41) is 12.9. The molecule has 2 aliphatic heterocycles. The molecule has 2 aliphatic rings. The van der Waals surface area contributed by atoms with Crippen LogP contribution in [0.1, 0.15) is 12.0 Å². The highest BCUT2D eigenvalue weighted by atomic mass is 16.6. The molecule has 0 saturated carbocycles. The molecule has 2 amide bonds. The number of hydrogen-bond acceptors (Lipinski definition) is 6. The smallest absolute Gasteiger partial charge is 0.271 e. The lowest BCUT2D eigenvalue weighted by molar-refractivity contribution is -0.384. The number of carbonyl (C=O) groups is 2. The molecule has 8 heteroatoms. The minimum atomic E-state index is -0.561. The van der Waals surface area contributed by atoms with Crippen LogP contribution in [-0.2, 0) is 16.1 Å². The molecule has 0 radical (unpaired) electrons. The fraction of sp³-hybridized carbons (Fsp3) is 0.250. The van der Waals surface area contributed by atoms with Crippen molar-refractivity contribution in [2.24, 2.45) is 4.99 Å². The number of amides is 2. The van der Waals surface area contributed by atoms with Crippen LogP contribution in [0.5, 0.6) is 0 Å². The molecule has 102 valence electrons. The van der Waals surface area contributed by atoms with E-state index in [4.69, 9.17) is 0 Å². The van der Waals surface area contributed by atoms with E-state index in [1.807, 2.05) is 0 Å². The number of rotatable bonds is 2. The van der Waals surface area contributed by atoms with Gasteiger partial charge in [0.2, 0.25) is 11.8 Å². The molecule has 1 saturated heterocycles. The normalized spacial score (nSPS) is 20.8. The van der Waals surface area contributed by atoms with Gasteiger partial charge in [-0.15, -0.1) is 0 Å². The van der Waals surface area contributed by atoms with E-state index >= 15 is 0 Å². The van der Waals surface area contributed by atoms with Crippen molar-refractivity contribution in [2.45, 2.75) is 19.0 Å². The maximum absolute atomic E-state index is 11.6. The fourth-order valence-corrected chi connectivity index (χ4v) is 2.29. The number of hydrogen-bond donors (Lipinski definition) is 1. The topological polar surface area (TPSA) is 105 Å². The first-order valence-electron chi connectivity index (χ1n) is 5.95. The molecule has 1 unspecified atom stereocenters. The number of carbonyl (C=O) groups excluding carboxylic acids is 2. The van der Waals surface area contributed by atoms with Crippen LogP contribution in [0.15, 0.2) is 23.2 Å². The van der Waals surface area contributed by atoms with Crippen LogP contribution in [0.3, 0.4) is 0 Å². The molecule has 1 aromatic carbocycles. The average Bonchev–Trinajstić information content (AvgIpc) is 2.76. The number of nitrogens with zero attached hydrogens (tertiary/aromatic N) is 3. The van der Waals surface area contributed by atoms with Gasteiger partial charge >= 0.3 is 0 Å². The summed E-state index contributed by atoms with van der Waals surface area (Å²) >= 11 is 0. The number of non-ortho nitro benzene ring substituents is 1. The molecule has 1 aromatic rings. The Balaban J connectivity index is 1.85. The predicted molar refractivity (Wildman–Crippen MR) is 68.3 cm³/mol. The van der Waals surface area contributed by atoms with Gasteiger partial charge in [-0.2, -0.15) is 0 Å². The van der Waals surface area contributed by atoms with E-state index < -0.39 is 11.0 Å². The molecule has 2 heterocycles. The number of imide groups is 1. The molecule has 1 atom stereocenters. The fourth-order valence-electron chi connectivity index (χ4n) is 2.29. The first-order valence-corrected chi connectivity index (χ1v) is 5.95. The zero-order chi connectivity index (χ0) is 14.3. The minimum absolute atomic E-state index is 0.0249. The molecule has 3 rings (SSSR count). The molecule has 1 N–H and O–H groups in total. The van der Waals surface area contributed by atoms with Crippen LogP contribution in [0, 0.1) is 10.1 Å². The molecule has 0 bridgehead atoms. The summed E-state index contributed by atoms with van der Waals surface area (Å²) in [5.74, 6) is -0.644. The average molecular weight is 274 g/mol. The lowest BCUT2D eigenvalue weighted by Gasteiger charge is -2.27. The molecule has 0 spiro atoms. The van der Waals surface area contributed by atoms with Crippen molar-refractivity contribution in [1.29, 1.82) is 0 Å². The van der Waals surface area contributed by atoms with Crippen molar-refractivity contribution in [3.63, 3.8) is 0 Å². The van der Waals surface area contributed by atoms with E-state index in [0.717, 1.165) is 5.56 Å². The van der Waals surface area contributed by atoms with Gasteiger partial charge in [-0.3, -0.25) is 25.0 Å². The Kier molecular flexibility index (Phi) is 2.70. The number of nitro benzene ring substituents is 1. The summed E-state index contributed by atoms with van der Waals surface area (Å²) in [6.07, 6.45) is 1.56. The van der Waals surface area contributed by atoms with Crippen LogP contribution in [0.25, 0.3) is 0 Å². The van der Waals surface area contributed by atoms with Gasteiger partial charge in [-0.1, -0.05) is 0 Å². The molecule has 8 nitrogen and oxygen atoms in total. The van der Waals surface area contributed by atoms with Crippen LogP contribution >= 0.6 is 0 Å².